The van der Waals surface area contributed by atoms with E-state index in [9.17, 15) is 0 Å². The zero-order valence-electron chi connectivity index (χ0n) is 10.5. The Morgan fingerprint density at radius 3 is 2.89 bits per heavy atom. The summed E-state index contributed by atoms with van der Waals surface area (Å²) in [6.45, 7) is 3.31. The molecule has 100 valence electrons. The lowest BCUT2D eigenvalue weighted by atomic mass is 10.2. The van der Waals surface area contributed by atoms with Gasteiger partial charge in [-0.1, -0.05) is 6.07 Å². The molecule has 1 atom stereocenters. The quantitative estimate of drug-likeness (QED) is 0.909. The maximum atomic E-state index is 5.38. The number of rotatable bonds is 4. The van der Waals surface area contributed by atoms with Gasteiger partial charge in [0.05, 0.1) is 3.79 Å². The van der Waals surface area contributed by atoms with Crippen LogP contribution in [0.3, 0.4) is 0 Å². The first-order chi connectivity index (χ1) is 9.22. The van der Waals surface area contributed by atoms with Gasteiger partial charge in [-0.25, -0.2) is 0 Å². The highest BCUT2D eigenvalue weighted by molar-refractivity contribution is 9.11. The average Bonchev–Trinajstić information content (AvgIpc) is 3.03. The molecule has 0 radical (unpaired) electrons. The standard InChI is InChI=1S/C14H14BrNO2S/c1-9(13-4-5-14(15)19-13)16-7-10-2-3-11-12(6-10)18-8-17-11/h2-6,9,16H,7-8H2,1H3. The second kappa shape index (κ2) is 5.53. The van der Waals surface area contributed by atoms with Crippen molar-refractivity contribution in [1.29, 1.82) is 0 Å². The average molecular weight is 340 g/mol. The van der Waals surface area contributed by atoms with Crippen LogP contribution in [0.4, 0.5) is 0 Å². The van der Waals surface area contributed by atoms with Crippen LogP contribution in [0.25, 0.3) is 0 Å². The van der Waals surface area contributed by atoms with Crippen molar-refractivity contribution in [3.05, 3.63) is 44.6 Å². The molecule has 0 bridgehead atoms. The van der Waals surface area contributed by atoms with Gasteiger partial charge < -0.3 is 14.8 Å². The van der Waals surface area contributed by atoms with Crippen LogP contribution in [0.2, 0.25) is 0 Å². The molecular weight excluding hydrogens is 326 g/mol. The van der Waals surface area contributed by atoms with E-state index in [1.807, 2.05) is 12.1 Å². The first-order valence-electron chi connectivity index (χ1n) is 6.09. The Balaban J connectivity index is 1.63. The lowest BCUT2D eigenvalue weighted by Crippen LogP contribution is -2.17. The molecular formula is C14H14BrNO2S. The monoisotopic (exact) mass is 339 g/mol. The first kappa shape index (κ1) is 13.0. The third-order valence-electron chi connectivity index (χ3n) is 3.07. The highest BCUT2D eigenvalue weighted by Crippen LogP contribution is 2.33. The lowest BCUT2D eigenvalue weighted by molar-refractivity contribution is 0.174. The van der Waals surface area contributed by atoms with Crippen LogP contribution in [0.15, 0.2) is 34.1 Å². The van der Waals surface area contributed by atoms with E-state index in [4.69, 9.17) is 9.47 Å². The van der Waals surface area contributed by atoms with Gasteiger partial charge in [0.2, 0.25) is 6.79 Å². The molecule has 3 rings (SSSR count). The summed E-state index contributed by atoms with van der Waals surface area (Å²) in [6, 6.07) is 10.6. The van der Waals surface area contributed by atoms with Gasteiger partial charge in [0, 0.05) is 17.5 Å². The number of thiophene rings is 1. The molecule has 19 heavy (non-hydrogen) atoms. The molecule has 1 aromatic heterocycles. The number of nitrogens with one attached hydrogen (secondary N) is 1. The number of hydrogen-bond donors (Lipinski definition) is 1. The van der Waals surface area contributed by atoms with E-state index in [0.717, 1.165) is 18.0 Å². The number of fused-ring (bicyclic) bond motifs is 1. The number of hydrogen-bond acceptors (Lipinski definition) is 4. The van der Waals surface area contributed by atoms with Gasteiger partial charge in [0.25, 0.3) is 0 Å². The van der Waals surface area contributed by atoms with Gasteiger partial charge in [0.1, 0.15) is 0 Å². The van der Waals surface area contributed by atoms with Gasteiger partial charge >= 0.3 is 0 Å². The van der Waals surface area contributed by atoms with Crippen LogP contribution < -0.4 is 14.8 Å². The molecule has 0 aliphatic carbocycles. The van der Waals surface area contributed by atoms with Gasteiger partial charge in [-0.2, -0.15) is 0 Å². The Morgan fingerprint density at radius 1 is 1.26 bits per heavy atom. The normalized spacial score (nSPS) is 14.6. The highest BCUT2D eigenvalue weighted by Gasteiger charge is 2.13. The Bertz CT molecular complexity index is 585. The van der Waals surface area contributed by atoms with Crippen LogP contribution in [0, 0.1) is 0 Å². The molecule has 3 nitrogen and oxygen atoms in total. The van der Waals surface area contributed by atoms with E-state index in [1.165, 1.54) is 14.2 Å². The fraction of sp³-hybridized carbons (Fsp3) is 0.286. The molecule has 0 amide bonds. The van der Waals surface area contributed by atoms with Crippen molar-refractivity contribution < 1.29 is 9.47 Å². The van der Waals surface area contributed by atoms with Crippen molar-refractivity contribution in [2.45, 2.75) is 19.5 Å². The van der Waals surface area contributed by atoms with E-state index >= 15 is 0 Å². The molecule has 0 fully saturated rings. The van der Waals surface area contributed by atoms with Crippen LogP contribution in [-0.2, 0) is 6.54 Å². The van der Waals surface area contributed by atoms with Crippen LogP contribution in [0.1, 0.15) is 23.4 Å². The Hall–Kier alpha value is -1.04. The van der Waals surface area contributed by atoms with Crippen LogP contribution >= 0.6 is 27.3 Å². The molecule has 1 aromatic carbocycles. The van der Waals surface area contributed by atoms with E-state index in [1.54, 1.807) is 11.3 Å². The maximum Gasteiger partial charge on any atom is 0.231 e. The molecule has 0 saturated carbocycles. The van der Waals surface area contributed by atoms with Crippen molar-refractivity contribution in [2.24, 2.45) is 0 Å². The van der Waals surface area contributed by atoms with Crippen molar-refractivity contribution in [3.63, 3.8) is 0 Å². The zero-order valence-corrected chi connectivity index (χ0v) is 12.9. The van der Waals surface area contributed by atoms with E-state index in [2.05, 4.69) is 46.4 Å². The van der Waals surface area contributed by atoms with Crippen molar-refractivity contribution in [1.82, 2.24) is 5.32 Å². The second-order valence-electron chi connectivity index (χ2n) is 4.43. The minimum Gasteiger partial charge on any atom is -0.454 e. The largest absolute Gasteiger partial charge is 0.454 e. The molecule has 5 heteroatoms. The highest BCUT2D eigenvalue weighted by atomic mass is 79.9. The van der Waals surface area contributed by atoms with Crippen molar-refractivity contribution >= 4 is 27.3 Å². The Morgan fingerprint density at radius 2 is 2.11 bits per heavy atom. The molecule has 2 aromatic rings. The minimum absolute atomic E-state index is 0.325. The van der Waals surface area contributed by atoms with Crippen molar-refractivity contribution in [3.8, 4) is 11.5 Å². The van der Waals surface area contributed by atoms with E-state index in [-0.39, 0.29) is 0 Å². The van der Waals surface area contributed by atoms with Crippen molar-refractivity contribution in [2.75, 3.05) is 6.79 Å². The summed E-state index contributed by atoms with van der Waals surface area (Å²) in [4.78, 5) is 1.33. The predicted molar refractivity (Wildman–Crippen MR) is 79.8 cm³/mol. The maximum absolute atomic E-state index is 5.38. The van der Waals surface area contributed by atoms with Gasteiger partial charge in [0.15, 0.2) is 11.5 Å². The van der Waals surface area contributed by atoms with Crippen LogP contribution in [-0.4, -0.2) is 6.79 Å². The van der Waals surface area contributed by atoms with E-state index < -0.39 is 0 Å². The first-order valence-corrected chi connectivity index (χ1v) is 7.70. The Kier molecular flexibility index (Phi) is 3.77. The summed E-state index contributed by atoms with van der Waals surface area (Å²) in [5, 5.41) is 3.51. The van der Waals surface area contributed by atoms with Crippen LogP contribution in [0.5, 0.6) is 11.5 Å². The molecule has 1 unspecified atom stereocenters. The number of benzene rings is 1. The molecule has 2 heterocycles. The smallest absolute Gasteiger partial charge is 0.231 e. The summed E-state index contributed by atoms with van der Waals surface area (Å²) >= 11 is 5.25. The van der Waals surface area contributed by atoms with Gasteiger partial charge in [-0.05, 0) is 52.7 Å². The van der Waals surface area contributed by atoms with E-state index in [0.29, 0.717) is 12.8 Å². The molecule has 1 N–H and O–H groups in total. The number of halogens is 1. The molecule has 1 aliphatic rings. The summed E-state index contributed by atoms with van der Waals surface area (Å²) < 4.78 is 11.9. The lowest BCUT2D eigenvalue weighted by Gasteiger charge is -2.12. The predicted octanol–water partition coefficient (Wildman–Crippen LogP) is 4.09. The minimum atomic E-state index is 0.325. The second-order valence-corrected chi connectivity index (χ2v) is 6.93. The summed E-state index contributed by atoms with van der Waals surface area (Å²) in [7, 11) is 0. The zero-order chi connectivity index (χ0) is 13.2. The molecule has 1 aliphatic heterocycles. The summed E-state index contributed by atoms with van der Waals surface area (Å²) in [6.07, 6.45) is 0. The fourth-order valence-corrected chi connectivity index (χ4v) is 3.43. The summed E-state index contributed by atoms with van der Waals surface area (Å²) in [5.74, 6) is 1.67. The molecule has 0 saturated heterocycles. The van der Waals surface area contributed by atoms with Gasteiger partial charge in [-0.15, -0.1) is 11.3 Å². The fourth-order valence-electron chi connectivity index (χ4n) is 1.98. The SMILES string of the molecule is CC(NCc1ccc2c(c1)OCO2)c1ccc(Br)s1. The molecule has 0 spiro atoms. The van der Waals surface area contributed by atoms with Gasteiger partial charge in [-0.3, -0.25) is 0 Å². The topological polar surface area (TPSA) is 30.5 Å². The third-order valence-corrected chi connectivity index (χ3v) is 4.88. The number of ether oxygens (including phenoxy) is 2. The Labute approximate surface area is 124 Å². The summed E-state index contributed by atoms with van der Waals surface area (Å²) in [5.41, 5.74) is 1.20. The third kappa shape index (κ3) is 2.94.